The van der Waals surface area contributed by atoms with E-state index in [9.17, 15) is 17.2 Å². The highest BCUT2D eigenvalue weighted by atomic mass is 32.2. The summed E-state index contributed by atoms with van der Waals surface area (Å²) < 4.78 is 61.7. The molecule has 3 aliphatic rings. The summed E-state index contributed by atoms with van der Waals surface area (Å²) in [6, 6.07) is 5.43. The van der Waals surface area contributed by atoms with Gasteiger partial charge in [-0.05, 0) is 101 Å². The molecule has 1 heterocycles. The van der Waals surface area contributed by atoms with Gasteiger partial charge in [0.15, 0.2) is 0 Å². The fourth-order valence-electron chi connectivity index (χ4n) is 6.90. The zero-order valence-electron chi connectivity index (χ0n) is 24.4. The first-order valence-electron chi connectivity index (χ1n) is 15.5. The zero-order chi connectivity index (χ0) is 29.0. The Kier molecular flexibility index (Phi) is 9.92. The van der Waals surface area contributed by atoms with Crippen LogP contribution in [0.3, 0.4) is 0 Å². The van der Waals surface area contributed by atoms with E-state index in [1.54, 1.807) is 13.0 Å². The molecule has 2 N–H and O–H groups in total. The van der Waals surface area contributed by atoms with E-state index in [0.717, 1.165) is 111 Å². The van der Waals surface area contributed by atoms with Gasteiger partial charge in [0.25, 0.3) is 0 Å². The van der Waals surface area contributed by atoms with Crippen LogP contribution >= 0.6 is 0 Å². The second-order valence-corrected chi connectivity index (χ2v) is 14.6. The summed E-state index contributed by atoms with van der Waals surface area (Å²) in [6.07, 6.45) is 14.5. The Morgan fingerprint density at radius 3 is 2.41 bits per heavy atom. The minimum atomic E-state index is -3.51. The summed E-state index contributed by atoms with van der Waals surface area (Å²) in [6.45, 7) is 3.85. The van der Waals surface area contributed by atoms with Crippen molar-refractivity contribution >= 4 is 32.7 Å². The first-order chi connectivity index (χ1) is 19.8. The van der Waals surface area contributed by atoms with Crippen LogP contribution in [0.15, 0.2) is 18.2 Å². The standard InChI is InChI=1S/C31H45N3O5S2/c1-3-21-14-17-24(18-15-21)39-28-19-16-23(34-41(37,38)4-2)20-26(28)29-25-12-8-9-13-27(25)32-30(31(29)33-40(35)36)22-10-6-5-7-11-22/h16,19-22,24,33-34H,3-15,17-18H2,1-2H3,(H,35,36)/p-1. The number of nitrogens with one attached hydrogen (secondary N) is 2. The van der Waals surface area contributed by atoms with Crippen LogP contribution in [0.4, 0.5) is 11.4 Å². The Morgan fingerprint density at radius 1 is 1.00 bits per heavy atom. The molecule has 0 aliphatic heterocycles. The van der Waals surface area contributed by atoms with Crippen LogP contribution < -0.4 is 14.2 Å². The fourth-order valence-corrected chi connectivity index (χ4v) is 7.90. The number of benzene rings is 1. The van der Waals surface area contributed by atoms with Crippen LogP contribution in [0.25, 0.3) is 11.1 Å². The normalized spacial score (nSPS) is 22.5. The van der Waals surface area contributed by atoms with Gasteiger partial charge >= 0.3 is 0 Å². The molecule has 10 heteroatoms. The van der Waals surface area contributed by atoms with E-state index < -0.39 is 21.3 Å². The highest BCUT2D eigenvalue weighted by molar-refractivity contribution is 7.92. The summed E-state index contributed by atoms with van der Waals surface area (Å²) in [7, 11) is -3.51. The summed E-state index contributed by atoms with van der Waals surface area (Å²) in [5, 5.41) is 0. The SMILES string of the molecule is CCC1CCC(Oc2ccc(NS(=O)(=O)CC)cc2-c2c3c(nc(C4CCCCC4)c2NS(=O)[O-])CCCC3)CC1. The molecule has 2 fully saturated rings. The van der Waals surface area contributed by atoms with Crippen molar-refractivity contribution in [2.75, 3.05) is 15.2 Å². The van der Waals surface area contributed by atoms with Crippen molar-refractivity contribution in [3.05, 3.63) is 35.2 Å². The smallest absolute Gasteiger partial charge is 0.232 e. The molecule has 2 aromatic rings. The molecule has 0 spiro atoms. The highest BCUT2D eigenvalue weighted by Gasteiger charge is 2.30. The third-order valence-corrected chi connectivity index (χ3v) is 10.9. The lowest BCUT2D eigenvalue weighted by Crippen LogP contribution is -2.24. The average Bonchev–Trinajstić information content (AvgIpc) is 2.98. The van der Waals surface area contributed by atoms with Crippen LogP contribution in [0, 0.1) is 5.92 Å². The lowest BCUT2D eigenvalue weighted by Gasteiger charge is -2.32. The van der Waals surface area contributed by atoms with E-state index >= 15 is 0 Å². The van der Waals surface area contributed by atoms with Gasteiger partial charge in [-0.25, -0.2) is 8.42 Å². The maximum atomic E-state index is 12.5. The molecule has 5 rings (SSSR count). The van der Waals surface area contributed by atoms with E-state index in [1.807, 2.05) is 12.1 Å². The van der Waals surface area contributed by atoms with E-state index in [2.05, 4.69) is 16.4 Å². The first kappa shape index (κ1) is 30.3. The van der Waals surface area contributed by atoms with Gasteiger partial charge in [0, 0.05) is 39.7 Å². The zero-order valence-corrected chi connectivity index (χ0v) is 26.0. The largest absolute Gasteiger partial charge is 0.755 e. The Bertz CT molecular complexity index is 1350. The van der Waals surface area contributed by atoms with Crippen molar-refractivity contribution < 1.29 is 21.9 Å². The molecule has 226 valence electrons. The summed E-state index contributed by atoms with van der Waals surface area (Å²) in [5.74, 6) is 1.53. The van der Waals surface area contributed by atoms with Gasteiger partial charge in [0.1, 0.15) is 5.75 Å². The Morgan fingerprint density at radius 2 is 1.73 bits per heavy atom. The monoisotopic (exact) mass is 602 g/mol. The third kappa shape index (κ3) is 7.25. The quantitative estimate of drug-likeness (QED) is 0.283. The topological polar surface area (TPSA) is 120 Å². The van der Waals surface area contributed by atoms with Crippen LogP contribution in [0.1, 0.15) is 114 Å². The van der Waals surface area contributed by atoms with Gasteiger partial charge < -0.3 is 14.0 Å². The second-order valence-electron chi connectivity index (χ2n) is 11.9. The van der Waals surface area contributed by atoms with Crippen molar-refractivity contribution in [3.8, 4) is 16.9 Å². The molecule has 0 amide bonds. The number of ether oxygens (including phenoxy) is 1. The molecular weight excluding hydrogens is 558 g/mol. The van der Waals surface area contributed by atoms with Crippen LogP contribution in [0.5, 0.6) is 5.75 Å². The number of anilines is 2. The van der Waals surface area contributed by atoms with Crippen molar-refractivity contribution in [1.29, 1.82) is 0 Å². The second kappa shape index (κ2) is 13.4. The van der Waals surface area contributed by atoms with E-state index in [0.29, 0.717) is 17.1 Å². The van der Waals surface area contributed by atoms with Gasteiger partial charge in [0.2, 0.25) is 10.0 Å². The van der Waals surface area contributed by atoms with Crippen LogP contribution in [-0.4, -0.2) is 34.0 Å². The maximum absolute atomic E-state index is 12.5. The number of aromatic nitrogens is 1. The molecule has 1 aromatic heterocycles. The highest BCUT2D eigenvalue weighted by Crippen LogP contribution is 2.47. The Hall–Kier alpha value is -2.17. The predicted molar refractivity (Wildman–Crippen MR) is 164 cm³/mol. The van der Waals surface area contributed by atoms with Gasteiger partial charge in [0.05, 0.1) is 23.2 Å². The predicted octanol–water partition coefficient (Wildman–Crippen LogP) is 6.99. The molecular formula is C31H44N3O5S2-. The van der Waals surface area contributed by atoms with Crippen molar-refractivity contribution in [2.45, 2.75) is 116 Å². The number of hydrogen-bond donors (Lipinski definition) is 2. The van der Waals surface area contributed by atoms with Gasteiger partial charge in [-0.2, -0.15) is 0 Å². The maximum Gasteiger partial charge on any atom is 0.232 e. The molecule has 3 aliphatic carbocycles. The number of hydrogen-bond acceptors (Lipinski definition) is 6. The van der Waals surface area contributed by atoms with Crippen LogP contribution in [-0.2, 0) is 34.1 Å². The summed E-state index contributed by atoms with van der Waals surface area (Å²) in [5.41, 5.74) is 5.39. The molecule has 0 bridgehead atoms. The number of fused-ring (bicyclic) bond motifs is 1. The van der Waals surface area contributed by atoms with Crippen molar-refractivity contribution in [2.24, 2.45) is 5.92 Å². The molecule has 1 atom stereocenters. The van der Waals surface area contributed by atoms with Crippen LogP contribution in [0.2, 0.25) is 0 Å². The summed E-state index contributed by atoms with van der Waals surface area (Å²) in [4.78, 5) is 5.15. The van der Waals surface area contributed by atoms with Gasteiger partial charge in [-0.3, -0.25) is 13.9 Å². The number of nitrogens with zero attached hydrogens (tertiary/aromatic N) is 1. The van der Waals surface area contributed by atoms with Gasteiger partial charge in [-0.15, -0.1) is 0 Å². The lowest BCUT2D eigenvalue weighted by molar-refractivity contribution is 0.130. The molecule has 1 aromatic carbocycles. The van der Waals surface area contributed by atoms with Crippen molar-refractivity contribution in [3.63, 3.8) is 0 Å². The molecule has 2 saturated carbocycles. The van der Waals surface area contributed by atoms with Gasteiger partial charge in [-0.1, -0.05) is 32.6 Å². The number of aryl methyl sites for hydroxylation is 1. The minimum Gasteiger partial charge on any atom is -0.755 e. The lowest BCUT2D eigenvalue weighted by atomic mass is 9.81. The Balaban J connectivity index is 1.68. The number of rotatable bonds is 10. The molecule has 0 radical (unpaired) electrons. The van der Waals surface area contributed by atoms with Crippen molar-refractivity contribution in [1.82, 2.24) is 4.98 Å². The molecule has 1 unspecified atom stereocenters. The third-order valence-electron chi connectivity index (χ3n) is 9.25. The van der Waals surface area contributed by atoms with E-state index in [4.69, 9.17) is 9.72 Å². The minimum absolute atomic E-state index is 0.0420. The van der Waals surface area contributed by atoms with E-state index in [1.165, 1.54) is 12.8 Å². The van der Waals surface area contributed by atoms with E-state index in [-0.39, 0.29) is 17.8 Å². The average molecular weight is 603 g/mol. The molecule has 41 heavy (non-hydrogen) atoms. The molecule has 8 nitrogen and oxygen atoms in total. The summed E-state index contributed by atoms with van der Waals surface area (Å²) >= 11 is -2.55. The Labute approximate surface area is 247 Å². The fraction of sp³-hybridized carbons (Fsp3) is 0.645. The number of sulfonamides is 1. The number of pyridine rings is 1. The first-order valence-corrected chi connectivity index (χ1v) is 18.2. The molecule has 0 saturated heterocycles.